The number of likely N-dealkylation sites (tertiary alicyclic amines) is 1. The van der Waals surface area contributed by atoms with Gasteiger partial charge >= 0.3 is 0 Å². The minimum Gasteiger partial charge on any atom is -0.497 e. The summed E-state index contributed by atoms with van der Waals surface area (Å²) >= 11 is 0. The summed E-state index contributed by atoms with van der Waals surface area (Å²) in [6, 6.07) is 12.3. The number of methoxy groups -OCH3 is 1. The molecule has 0 N–H and O–H groups in total. The third-order valence-corrected chi connectivity index (χ3v) is 5.50. The monoisotopic (exact) mass is 402 g/mol. The zero-order valence-electron chi connectivity index (χ0n) is 17.6. The van der Waals surface area contributed by atoms with Gasteiger partial charge in [0.1, 0.15) is 11.4 Å². The highest BCUT2D eigenvalue weighted by Gasteiger charge is 2.27. The van der Waals surface area contributed by atoms with Crippen molar-refractivity contribution in [2.45, 2.75) is 32.6 Å². The summed E-state index contributed by atoms with van der Waals surface area (Å²) in [4.78, 5) is 28.1. The summed E-state index contributed by atoms with van der Waals surface area (Å²) in [7, 11) is 1.67. The minimum absolute atomic E-state index is 0.0622. The molecule has 1 fully saturated rings. The number of ether oxygens (including phenoxy) is 1. The van der Waals surface area contributed by atoms with Gasteiger partial charge in [0.2, 0.25) is 0 Å². The van der Waals surface area contributed by atoms with Crippen molar-refractivity contribution in [3.8, 4) is 16.9 Å². The van der Waals surface area contributed by atoms with Gasteiger partial charge in [0.05, 0.1) is 19.0 Å². The Morgan fingerprint density at radius 1 is 1.07 bits per heavy atom. The van der Waals surface area contributed by atoms with E-state index in [0.717, 1.165) is 53.3 Å². The van der Waals surface area contributed by atoms with Crippen LogP contribution in [0.5, 0.6) is 5.75 Å². The smallest absolute Gasteiger partial charge is 0.274 e. The van der Waals surface area contributed by atoms with Crippen LogP contribution >= 0.6 is 0 Å². The van der Waals surface area contributed by atoms with E-state index >= 15 is 0 Å². The predicted octanol–water partition coefficient (Wildman–Crippen LogP) is 4.18. The van der Waals surface area contributed by atoms with Crippen LogP contribution in [-0.2, 0) is 0 Å². The summed E-state index contributed by atoms with van der Waals surface area (Å²) in [6.45, 7) is 5.25. The van der Waals surface area contributed by atoms with Gasteiger partial charge < -0.3 is 9.64 Å². The van der Waals surface area contributed by atoms with E-state index in [0.29, 0.717) is 12.2 Å². The van der Waals surface area contributed by atoms with E-state index < -0.39 is 0 Å². The molecule has 0 spiro atoms. The van der Waals surface area contributed by atoms with Crippen molar-refractivity contribution in [3.05, 3.63) is 71.6 Å². The van der Waals surface area contributed by atoms with E-state index in [9.17, 15) is 4.79 Å². The molecule has 0 saturated carbocycles. The van der Waals surface area contributed by atoms with E-state index in [1.807, 2.05) is 36.9 Å². The molecule has 1 aliphatic rings. The second kappa shape index (κ2) is 8.61. The molecule has 1 amide bonds. The van der Waals surface area contributed by atoms with Crippen LogP contribution in [0.15, 0.2) is 48.8 Å². The first-order chi connectivity index (χ1) is 14.5. The quantitative estimate of drug-likeness (QED) is 0.655. The lowest BCUT2D eigenvalue weighted by Crippen LogP contribution is -2.39. The Morgan fingerprint density at radius 2 is 1.93 bits per heavy atom. The average Bonchev–Trinajstić information content (AvgIpc) is 2.79. The molecule has 6 heteroatoms. The highest BCUT2D eigenvalue weighted by atomic mass is 16.5. The molecular weight excluding hydrogens is 376 g/mol. The van der Waals surface area contributed by atoms with Gasteiger partial charge in [0, 0.05) is 36.6 Å². The Morgan fingerprint density at radius 3 is 2.70 bits per heavy atom. The number of aryl methyl sites for hydroxylation is 2. The zero-order valence-corrected chi connectivity index (χ0v) is 17.6. The molecule has 3 heterocycles. The van der Waals surface area contributed by atoms with Crippen LogP contribution < -0.4 is 4.74 Å². The van der Waals surface area contributed by atoms with E-state index in [2.05, 4.69) is 28.2 Å². The molecule has 0 bridgehead atoms. The summed E-state index contributed by atoms with van der Waals surface area (Å²) in [6.07, 6.45) is 5.15. The Labute approximate surface area is 177 Å². The van der Waals surface area contributed by atoms with Crippen molar-refractivity contribution in [3.63, 3.8) is 0 Å². The number of benzene rings is 1. The number of rotatable bonds is 4. The van der Waals surface area contributed by atoms with Crippen LogP contribution in [-0.4, -0.2) is 46.0 Å². The molecule has 2 aromatic heterocycles. The molecule has 154 valence electrons. The number of amides is 1. The van der Waals surface area contributed by atoms with E-state index in [-0.39, 0.29) is 11.8 Å². The summed E-state index contributed by atoms with van der Waals surface area (Å²) in [5.74, 6) is 0.968. The van der Waals surface area contributed by atoms with E-state index in [1.165, 1.54) is 0 Å². The van der Waals surface area contributed by atoms with Gasteiger partial charge in [-0.15, -0.1) is 0 Å². The fourth-order valence-corrected chi connectivity index (χ4v) is 3.94. The van der Waals surface area contributed by atoms with Crippen LogP contribution in [0.1, 0.15) is 46.3 Å². The molecule has 1 aromatic carbocycles. The number of nitrogens with zero attached hydrogens (tertiary/aromatic N) is 4. The molecular formula is C24H26N4O2. The minimum atomic E-state index is -0.0622. The maximum atomic E-state index is 12.9. The highest BCUT2D eigenvalue weighted by Crippen LogP contribution is 2.31. The fraction of sp³-hybridized carbons (Fsp3) is 0.333. The van der Waals surface area contributed by atoms with Gasteiger partial charge in [-0.3, -0.25) is 14.8 Å². The number of hydrogen-bond donors (Lipinski definition) is 0. The van der Waals surface area contributed by atoms with Crippen LogP contribution in [0.4, 0.5) is 0 Å². The van der Waals surface area contributed by atoms with E-state index in [1.54, 1.807) is 19.5 Å². The Kier molecular flexibility index (Phi) is 5.74. The van der Waals surface area contributed by atoms with Crippen molar-refractivity contribution in [2.75, 3.05) is 20.2 Å². The molecule has 3 aromatic rings. The van der Waals surface area contributed by atoms with Gasteiger partial charge in [-0.05, 0) is 62.1 Å². The number of aromatic nitrogens is 3. The second-order valence-corrected chi connectivity index (χ2v) is 7.79. The van der Waals surface area contributed by atoms with Gasteiger partial charge in [-0.2, -0.15) is 0 Å². The molecule has 1 saturated heterocycles. The first kappa shape index (κ1) is 20.0. The predicted molar refractivity (Wildman–Crippen MR) is 116 cm³/mol. The lowest BCUT2D eigenvalue weighted by Gasteiger charge is -2.32. The van der Waals surface area contributed by atoms with Crippen molar-refractivity contribution >= 4 is 5.91 Å². The molecule has 6 nitrogen and oxygen atoms in total. The van der Waals surface area contributed by atoms with Crippen molar-refractivity contribution in [1.29, 1.82) is 0 Å². The van der Waals surface area contributed by atoms with Crippen molar-refractivity contribution in [2.24, 2.45) is 0 Å². The second-order valence-electron chi connectivity index (χ2n) is 7.79. The largest absolute Gasteiger partial charge is 0.497 e. The lowest BCUT2D eigenvalue weighted by molar-refractivity contribution is 0.0699. The molecule has 0 radical (unpaired) electrons. The number of piperidine rings is 1. The zero-order chi connectivity index (χ0) is 21.1. The van der Waals surface area contributed by atoms with E-state index in [4.69, 9.17) is 9.72 Å². The number of pyridine rings is 1. The van der Waals surface area contributed by atoms with Crippen LogP contribution in [0.2, 0.25) is 0 Å². The van der Waals surface area contributed by atoms with Crippen molar-refractivity contribution < 1.29 is 9.53 Å². The Balaban J connectivity index is 1.58. The highest BCUT2D eigenvalue weighted by molar-refractivity contribution is 5.92. The number of carbonyl (C=O) groups excluding carboxylic acids is 1. The Hall–Kier alpha value is -3.28. The lowest BCUT2D eigenvalue weighted by atomic mass is 9.92. The number of carbonyl (C=O) groups is 1. The summed E-state index contributed by atoms with van der Waals surface area (Å²) in [5.41, 5.74) is 5.41. The van der Waals surface area contributed by atoms with Crippen LogP contribution in [0, 0.1) is 13.8 Å². The van der Waals surface area contributed by atoms with Gasteiger partial charge in [0.25, 0.3) is 5.91 Å². The molecule has 0 unspecified atom stereocenters. The summed E-state index contributed by atoms with van der Waals surface area (Å²) < 4.78 is 5.37. The third kappa shape index (κ3) is 4.32. The first-order valence-corrected chi connectivity index (χ1v) is 10.2. The normalized spacial score (nSPS) is 16.4. The van der Waals surface area contributed by atoms with Gasteiger partial charge in [-0.1, -0.05) is 12.1 Å². The maximum absolute atomic E-state index is 12.9. The van der Waals surface area contributed by atoms with Crippen LogP contribution in [0.25, 0.3) is 11.1 Å². The topological polar surface area (TPSA) is 68.2 Å². The van der Waals surface area contributed by atoms with Crippen molar-refractivity contribution in [1.82, 2.24) is 19.9 Å². The molecule has 1 aliphatic heterocycles. The average molecular weight is 402 g/mol. The van der Waals surface area contributed by atoms with Crippen LogP contribution in [0.3, 0.4) is 0 Å². The number of hydrogen-bond acceptors (Lipinski definition) is 5. The third-order valence-electron chi connectivity index (χ3n) is 5.50. The maximum Gasteiger partial charge on any atom is 0.274 e. The standard InChI is InChI=1S/C24H26N4O2/c1-16-10-20(18-6-4-8-21(11-18)30-3)12-22(27-16)19-7-5-9-28(15-19)24(29)23-14-25-17(2)13-26-23/h4,6,8,10-14,19H,5,7,9,15H2,1-3H3/t19-/m0/s1. The Bertz CT molecular complexity index is 1050. The first-order valence-electron chi connectivity index (χ1n) is 10.2. The van der Waals surface area contributed by atoms with Gasteiger partial charge in [0.15, 0.2) is 0 Å². The fourth-order valence-electron chi connectivity index (χ4n) is 3.94. The summed E-state index contributed by atoms with van der Waals surface area (Å²) in [5, 5.41) is 0. The molecule has 4 rings (SSSR count). The van der Waals surface area contributed by atoms with Gasteiger partial charge in [-0.25, -0.2) is 4.98 Å². The SMILES string of the molecule is COc1cccc(-c2cc(C)nc([C@H]3CCCN(C(=O)c4cnc(C)cn4)C3)c2)c1. The molecule has 0 aliphatic carbocycles. The molecule has 30 heavy (non-hydrogen) atoms. The molecule has 1 atom stereocenters.